The Morgan fingerprint density at radius 3 is 1.53 bits per heavy atom. The number of hydrogen-bond acceptors (Lipinski definition) is 9. The Kier molecular flexibility index (Phi) is 18.0. The van der Waals surface area contributed by atoms with Gasteiger partial charge in [-0.05, 0) is 63.1 Å². The van der Waals surface area contributed by atoms with Crippen LogP contribution in [0.15, 0.2) is 91.0 Å². The Morgan fingerprint density at radius 2 is 1.11 bits per heavy atom. The van der Waals surface area contributed by atoms with Gasteiger partial charge in [-0.3, -0.25) is 19.4 Å². The van der Waals surface area contributed by atoms with Gasteiger partial charge in [0.05, 0.1) is 0 Å². The number of Topliss-reactive ketones (excluding diaryl/α,β-unsaturated/α-hetero) is 2. The van der Waals surface area contributed by atoms with Gasteiger partial charge >= 0.3 is 6.09 Å². The van der Waals surface area contributed by atoms with Crippen LogP contribution in [0.3, 0.4) is 0 Å². The van der Waals surface area contributed by atoms with Crippen molar-refractivity contribution in [3.63, 3.8) is 0 Å². The number of methoxy groups -OCH3 is 2. The van der Waals surface area contributed by atoms with Gasteiger partial charge in [0.1, 0.15) is 30.6 Å². The summed E-state index contributed by atoms with van der Waals surface area (Å²) in [5.41, 5.74) is 8.70. The van der Waals surface area contributed by atoms with Crippen molar-refractivity contribution in [1.29, 1.82) is 0 Å². The molecule has 2 heterocycles. The number of rotatable bonds is 9. The minimum atomic E-state index is -0.465. The number of carbonyl (C=O) groups is 3. The highest BCUT2D eigenvalue weighted by atomic mass is 16.6. The van der Waals surface area contributed by atoms with Gasteiger partial charge in [-0.25, -0.2) is 4.79 Å². The number of fused-ring (bicyclic) bond motifs is 4. The van der Waals surface area contributed by atoms with Crippen molar-refractivity contribution < 1.29 is 28.6 Å². The Morgan fingerprint density at radius 1 is 0.673 bits per heavy atom. The third-order valence-corrected chi connectivity index (χ3v) is 10.3. The molecule has 10 heteroatoms. The fourth-order valence-corrected chi connectivity index (χ4v) is 7.67. The van der Waals surface area contributed by atoms with E-state index in [1.54, 1.807) is 19.1 Å². The summed E-state index contributed by atoms with van der Waals surface area (Å²) in [5.74, 6) is 1.66. The zero-order valence-corrected chi connectivity index (χ0v) is 33.7. The number of hydrogen-bond donors (Lipinski definition) is 1. The molecule has 0 aromatic heterocycles. The molecule has 3 aromatic rings. The van der Waals surface area contributed by atoms with Crippen molar-refractivity contribution in [3.8, 4) is 0 Å². The van der Waals surface area contributed by atoms with Crippen molar-refractivity contribution in [2.24, 2.45) is 29.4 Å². The van der Waals surface area contributed by atoms with Crippen molar-refractivity contribution in [2.45, 2.75) is 78.1 Å². The van der Waals surface area contributed by atoms with E-state index in [-0.39, 0.29) is 17.9 Å². The van der Waals surface area contributed by atoms with Gasteiger partial charge in [0.25, 0.3) is 0 Å². The maximum atomic E-state index is 11.9. The van der Waals surface area contributed by atoms with E-state index in [4.69, 9.17) is 19.9 Å². The van der Waals surface area contributed by atoms with Crippen LogP contribution in [0.2, 0.25) is 0 Å². The summed E-state index contributed by atoms with van der Waals surface area (Å²) < 4.78 is 15.5. The van der Waals surface area contributed by atoms with E-state index in [0.29, 0.717) is 56.5 Å². The monoisotopic (exact) mass is 756 g/mol. The quantitative estimate of drug-likeness (QED) is 0.227. The van der Waals surface area contributed by atoms with Crippen LogP contribution in [0, 0.1) is 23.7 Å². The smallest absolute Gasteiger partial charge is 0.410 e. The molecule has 2 aliphatic carbocycles. The molecule has 2 saturated carbocycles. The Bertz CT molecular complexity index is 1530. The van der Waals surface area contributed by atoms with Crippen LogP contribution in [0.1, 0.15) is 69.6 Å². The molecular weight excluding hydrogens is 693 g/mol. The molecule has 7 rings (SSSR count). The molecule has 10 nitrogen and oxygen atoms in total. The molecule has 4 fully saturated rings. The molecule has 1 amide bonds. The first-order valence-electron chi connectivity index (χ1n) is 19.8. The summed E-state index contributed by atoms with van der Waals surface area (Å²) in [6.45, 7) is 12.3. The lowest BCUT2D eigenvalue weighted by molar-refractivity contribution is -0.134. The van der Waals surface area contributed by atoms with Crippen LogP contribution in [0.5, 0.6) is 0 Å². The van der Waals surface area contributed by atoms with Gasteiger partial charge in [-0.15, -0.1) is 0 Å². The molecule has 4 unspecified atom stereocenters. The van der Waals surface area contributed by atoms with Crippen LogP contribution >= 0.6 is 0 Å². The van der Waals surface area contributed by atoms with E-state index >= 15 is 0 Å². The highest BCUT2D eigenvalue weighted by molar-refractivity contribution is 5.87. The third kappa shape index (κ3) is 14.9. The molecule has 4 atom stereocenters. The van der Waals surface area contributed by atoms with Crippen LogP contribution in [0.4, 0.5) is 4.79 Å². The average molecular weight is 757 g/mol. The van der Waals surface area contributed by atoms with Gasteiger partial charge in [-0.1, -0.05) is 97.4 Å². The summed E-state index contributed by atoms with van der Waals surface area (Å²) in [6.07, 6.45) is 4.93. The number of amides is 1. The molecule has 3 aromatic carbocycles. The number of ether oxygens (including phenoxy) is 3. The van der Waals surface area contributed by atoms with E-state index in [9.17, 15) is 14.4 Å². The first-order chi connectivity index (χ1) is 26.5. The van der Waals surface area contributed by atoms with E-state index in [0.717, 1.165) is 58.3 Å². The Labute approximate surface area is 329 Å². The summed E-state index contributed by atoms with van der Waals surface area (Å²) in [5, 5.41) is 0. The van der Waals surface area contributed by atoms with Crippen LogP contribution in [-0.4, -0.2) is 91.8 Å². The third-order valence-electron chi connectivity index (χ3n) is 10.3. The van der Waals surface area contributed by atoms with Gasteiger partial charge in [0, 0.05) is 83.7 Å². The van der Waals surface area contributed by atoms with Crippen molar-refractivity contribution >= 4 is 17.7 Å². The fraction of sp³-hybridized carbons (Fsp3) is 0.533. The van der Waals surface area contributed by atoms with Crippen molar-refractivity contribution in [2.75, 3.05) is 53.9 Å². The predicted molar refractivity (Wildman–Crippen MR) is 217 cm³/mol. The standard InChI is InChI=1S/C14H17NO.C13H21NO3.C11H17NO2.C7H9N/c16-14-12-6-7-13(14)10-15(9-12)8-11-4-2-1-3-5-11;1-13(2,3)17-12(16)14-7-9-5-4-6-10(8-14)11(9)15;1-13-9-12(10-14-2)8-11-6-4-3-5-7-11;8-6-7-4-2-1-3-5-7/h1-5,12-13H,6-10H2;9-10H,4-8H2,1-3H3;3-7H,8-10H2,1-2H3;1-5H,6,8H2. The first-order valence-corrected chi connectivity index (χ1v) is 19.8. The molecule has 4 aliphatic rings. The number of piperidine rings is 2. The summed E-state index contributed by atoms with van der Waals surface area (Å²) >= 11 is 0. The van der Waals surface area contributed by atoms with Gasteiger partial charge in [-0.2, -0.15) is 0 Å². The minimum absolute atomic E-state index is 0.0509. The lowest BCUT2D eigenvalue weighted by Crippen LogP contribution is -2.52. The largest absolute Gasteiger partial charge is 0.444 e. The zero-order chi connectivity index (χ0) is 39.6. The maximum Gasteiger partial charge on any atom is 0.410 e. The summed E-state index contributed by atoms with van der Waals surface area (Å²) in [4.78, 5) is 41.8. The highest BCUT2D eigenvalue weighted by Crippen LogP contribution is 2.34. The molecule has 0 spiro atoms. The number of ketones is 2. The normalized spacial score (nSPS) is 21.7. The van der Waals surface area contributed by atoms with E-state index in [1.165, 1.54) is 16.7 Å². The summed E-state index contributed by atoms with van der Waals surface area (Å²) in [7, 11) is 3.38. The zero-order valence-electron chi connectivity index (χ0n) is 33.7. The van der Waals surface area contributed by atoms with Gasteiger partial charge in [0.15, 0.2) is 0 Å². The highest BCUT2D eigenvalue weighted by Gasteiger charge is 2.41. The lowest BCUT2D eigenvalue weighted by Gasteiger charge is -2.40. The second kappa shape index (κ2) is 22.6. The predicted octanol–water partition coefficient (Wildman–Crippen LogP) is 7.16. The number of carbonyl (C=O) groups excluding carboxylic acids is 3. The van der Waals surface area contributed by atoms with Crippen molar-refractivity contribution in [3.05, 3.63) is 108 Å². The Balaban J connectivity index is 0.000000168. The molecule has 4 bridgehead atoms. The fourth-order valence-electron chi connectivity index (χ4n) is 7.67. The Hall–Kier alpha value is -3.93. The molecule has 2 N–H and O–H groups in total. The van der Waals surface area contributed by atoms with Gasteiger partial charge in [0.2, 0.25) is 0 Å². The van der Waals surface area contributed by atoms with Gasteiger partial charge < -0.3 is 24.8 Å². The van der Waals surface area contributed by atoms with Crippen LogP contribution < -0.4 is 5.73 Å². The number of nitrogens with zero attached hydrogens (tertiary/aromatic N) is 3. The number of likely N-dealkylation sites (tertiary alicyclic amines) is 2. The number of benzene rings is 3. The molecule has 2 aliphatic heterocycles. The summed E-state index contributed by atoms with van der Waals surface area (Å²) in [6, 6.07) is 30.8. The molecule has 0 radical (unpaired) electrons. The molecular formula is C45H64N4O6. The second-order valence-electron chi connectivity index (χ2n) is 16.0. The van der Waals surface area contributed by atoms with E-state index in [2.05, 4.69) is 46.2 Å². The lowest BCUT2D eigenvalue weighted by atomic mass is 9.77. The molecule has 55 heavy (non-hydrogen) atoms. The second-order valence-corrected chi connectivity index (χ2v) is 16.0. The molecule has 300 valence electrons. The minimum Gasteiger partial charge on any atom is -0.444 e. The topological polar surface area (TPSA) is 115 Å². The number of nitrogens with two attached hydrogens (primary N) is 1. The van der Waals surface area contributed by atoms with Crippen LogP contribution in [-0.2, 0) is 43.4 Å². The van der Waals surface area contributed by atoms with Crippen molar-refractivity contribution in [1.82, 2.24) is 14.7 Å². The first kappa shape index (κ1) is 43.8. The van der Waals surface area contributed by atoms with E-state index < -0.39 is 5.60 Å². The van der Waals surface area contributed by atoms with E-state index in [1.807, 2.05) is 75.4 Å². The van der Waals surface area contributed by atoms with Crippen LogP contribution in [0.25, 0.3) is 0 Å². The average Bonchev–Trinajstić information content (AvgIpc) is 3.35. The molecule has 2 saturated heterocycles. The maximum absolute atomic E-state index is 11.9. The SMILES string of the molecule is CC(C)(C)OC(=O)N1CC2CCCC(C1)C2=O.COCN(COC)Cc1ccccc1.NCc1ccccc1.O=C1C2CCC1CN(Cc1ccccc1)C2.